The van der Waals surface area contributed by atoms with Crippen LogP contribution in [0.15, 0.2) is 30.3 Å². The first-order chi connectivity index (χ1) is 13.0. The molecule has 1 aliphatic heterocycles. The van der Waals surface area contributed by atoms with Crippen molar-refractivity contribution >= 4 is 11.8 Å². The summed E-state index contributed by atoms with van der Waals surface area (Å²) in [7, 11) is 0. The van der Waals surface area contributed by atoms with Crippen molar-refractivity contribution in [2.45, 2.75) is 44.5 Å². The van der Waals surface area contributed by atoms with Crippen LogP contribution in [0.25, 0.3) is 0 Å². The number of aliphatic hydroxyl groups excluding tert-OH is 1. The number of nitrogens with one attached hydrogen (secondary N) is 1. The lowest BCUT2D eigenvalue weighted by atomic mass is 10.1. The quantitative estimate of drug-likeness (QED) is 0.849. The van der Waals surface area contributed by atoms with Crippen molar-refractivity contribution < 1.29 is 19.1 Å². The number of hydrogen-bond acceptors (Lipinski definition) is 4. The number of hydrogen-bond donors (Lipinski definition) is 2. The van der Waals surface area contributed by atoms with E-state index in [1.54, 1.807) is 15.6 Å². The minimum atomic E-state index is -1.35. The summed E-state index contributed by atoms with van der Waals surface area (Å²) >= 11 is 0. The average Bonchev–Trinajstić information content (AvgIpc) is 3.43. The summed E-state index contributed by atoms with van der Waals surface area (Å²) in [6.07, 6.45) is 1.32. The SMILES string of the molecule is O=C(NC1CC1)c1cc2n(n1)CCCN(C(=O)[C@@H](O)c1ccc(F)cc1)C2. The van der Waals surface area contributed by atoms with E-state index in [1.165, 1.54) is 24.3 Å². The number of nitrogens with zero attached hydrogens (tertiary/aromatic N) is 3. The van der Waals surface area contributed by atoms with E-state index in [9.17, 15) is 19.1 Å². The van der Waals surface area contributed by atoms with Crippen molar-refractivity contribution in [3.63, 3.8) is 0 Å². The maximum Gasteiger partial charge on any atom is 0.272 e. The number of halogens is 1. The van der Waals surface area contributed by atoms with E-state index in [-0.39, 0.29) is 18.5 Å². The number of aromatic nitrogens is 2. The number of carbonyl (C=O) groups excluding carboxylic acids is 2. The first-order valence-corrected chi connectivity index (χ1v) is 9.11. The van der Waals surface area contributed by atoms with Gasteiger partial charge in [0.15, 0.2) is 11.8 Å². The van der Waals surface area contributed by atoms with Crippen LogP contribution in [0.2, 0.25) is 0 Å². The molecule has 1 saturated carbocycles. The summed E-state index contributed by atoms with van der Waals surface area (Å²) < 4.78 is 14.8. The highest BCUT2D eigenvalue weighted by molar-refractivity contribution is 5.92. The molecular formula is C19H21FN4O3. The number of benzene rings is 1. The zero-order chi connectivity index (χ0) is 19.0. The van der Waals surface area contributed by atoms with E-state index >= 15 is 0 Å². The van der Waals surface area contributed by atoms with Gasteiger partial charge in [0.05, 0.1) is 12.2 Å². The maximum atomic E-state index is 13.1. The number of rotatable bonds is 4. The molecule has 2 N–H and O–H groups in total. The molecule has 27 heavy (non-hydrogen) atoms. The minimum absolute atomic E-state index is 0.192. The molecule has 2 amide bonds. The summed E-state index contributed by atoms with van der Waals surface area (Å²) in [5.41, 5.74) is 1.46. The fraction of sp³-hybridized carbons (Fsp3) is 0.421. The lowest BCUT2D eigenvalue weighted by Crippen LogP contribution is -2.35. The number of aliphatic hydroxyl groups is 1. The van der Waals surface area contributed by atoms with Gasteiger partial charge in [0.2, 0.25) is 0 Å². The normalized spacial score (nSPS) is 17.8. The smallest absolute Gasteiger partial charge is 0.272 e. The van der Waals surface area contributed by atoms with Gasteiger partial charge in [-0.1, -0.05) is 12.1 Å². The van der Waals surface area contributed by atoms with Crippen LogP contribution in [0.4, 0.5) is 4.39 Å². The van der Waals surface area contributed by atoms with Crippen molar-refractivity contribution in [3.05, 3.63) is 53.1 Å². The molecule has 2 aliphatic rings. The van der Waals surface area contributed by atoms with E-state index in [1.807, 2.05) is 0 Å². The highest BCUT2D eigenvalue weighted by Crippen LogP contribution is 2.22. The standard InChI is InChI=1S/C19H21FN4O3/c20-13-4-2-12(3-5-13)17(25)19(27)23-8-1-9-24-15(11-23)10-16(22-24)18(26)21-14-6-7-14/h2-5,10,14,17,25H,1,6-9,11H2,(H,21,26)/t17-/m0/s1. The van der Waals surface area contributed by atoms with Gasteiger partial charge in [-0.3, -0.25) is 14.3 Å². The number of amides is 2. The van der Waals surface area contributed by atoms with E-state index in [4.69, 9.17) is 0 Å². The molecule has 0 spiro atoms. The van der Waals surface area contributed by atoms with Gasteiger partial charge < -0.3 is 15.3 Å². The Kier molecular flexibility index (Phi) is 4.65. The van der Waals surface area contributed by atoms with Crippen LogP contribution in [0.5, 0.6) is 0 Å². The molecule has 1 atom stereocenters. The third-order valence-corrected chi connectivity index (χ3v) is 4.89. The Hall–Kier alpha value is -2.74. The van der Waals surface area contributed by atoms with Crippen LogP contribution >= 0.6 is 0 Å². The second-order valence-corrected chi connectivity index (χ2v) is 7.06. The van der Waals surface area contributed by atoms with Gasteiger partial charge in [-0.05, 0) is 43.0 Å². The Morgan fingerprint density at radius 3 is 2.67 bits per heavy atom. The van der Waals surface area contributed by atoms with Crippen LogP contribution in [0.3, 0.4) is 0 Å². The van der Waals surface area contributed by atoms with E-state index in [2.05, 4.69) is 10.4 Å². The summed E-state index contributed by atoms with van der Waals surface area (Å²) in [6.45, 7) is 1.34. The topological polar surface area (TPSA) is 87.5 Å². The lowest BCUT2D eigenvalue weighted by Gasteiger charge is -2.23. The van der Waals surface area contributed by atoms with E-state index in [0.29, 0.717) is 30.8 Å². The van der Waals surface area contributed by atoms with Gasteiger partial charge in [0.1, 0.15) is 5.82 Å². The molecule has 2 heterocycles. The number of aryl methyl sites for hydroxylation is 1. The third kappa shape index (κ3) is 3.85. The predicted octanol–water partition coefficient (Wildman–Crippen LogP) is 1.38. The molecular weight excluding hydrogens is 351 g/mol. The average molecular weight is 372 g/mol. The zero-order valence-electron chi connectivity index (χ0n) is 14.8. The van der Waals surface area contributed by atoms with Crippen molar-refractivity contribution in [2.75, 3.05) is 6.54 Å². The summed E-state index contributed by atoms with van der Waals surface area (Å²) in [5, 5.41) is 17.6. The second kappa shape index (κ2) is 7.11. The molecule has 1 aromatic carbocycles. The molecule has 7 nitrogen and oxygen atoms in total. The highest BCUT2D eigenvalue weighted by Gasteiger charge is 2.29. The van der Waals surface area contributed by atoms with Gasteiger partial charge in [0, 0.05) is 19.1 Å². The van der Waals surface area contributed by atoms with Gasteiger partial charge in [-0.25, -0.2) is 4.39 Å². The number of carbonyl (C=O) groups is 2. The van der Waals surface area contributed by atoms with Crippen LogP contribution < -0.4 is 5.32 Å². The zero-order valence-corrected chi connectivity index (χ0v) is 14.8. The fourth-order valence-electron chi connectivity index (χ4n) is 3.21. The predicted molar refractivity (Wildman–Crippen MR) is 94.1 cm³/mol. The first-order valence-electron chi connectivity index (χ1n) is 9.11. The van der Waals surface area contributed by atoms with Crippen molar-refractivity contribution in [2.24, 2.45) is 0 Å². The van der Waals surface area contributed by atoms with Crippen LogP contribution in [-0.4, -0.2) is 44.2 Å². The molecule has 8 heteroatoms. The van der Waals surface area contributed by atoms with Crippen LogP contribution in [-0.2, 0) is 17.9 Å². The fourth-order valence-corrected chi connectivity index (χ4v) is 3.21. The maximum absolute atomic E-state index is 13.1. The highest BCUT2D eigenvalue weighted by atomic mass is 19.1. The number of fused-ring (bicyclic) bond motifs is 1. The minimum Gasteiger partial charge on any atom is -0.378 e. The molecule has 0 unspecified atom stereocenters. The first kappa shape index (κ1) is 17.7. The van der Waals surface area contributed by atoms with E-state index in [0.717, 1.165) is 18.5 Å². The molecule has 142 valence electrons. The van der Waals surface area contributed by atoms with Gasteiger partial charge in [-0.15, -0.1) is 0 Å². The van der Waals surface area contributed by atoms with Crippen molar-refractivity contribution in [3.8, 4) is 0 Å². The molecule has 1 aromatic heterocycles. The molecule has 1 fully saturated rings. The third-order valence-electron chi connectivity index (χ3n) is 4.89. The summed E-state index contributed by atoms with van der Waals surface area (Å²) in [5.74, 6) is -1.06. The molecule has 1 aliphatic carbocycles. The molecule has 2 aromatic rings. The largest absolute Gasteiger partial charge is 0.378 e. The second-order valence-electron chi connectivity index (χ2n) is 7.06. The van der Waals surface area contributed by atoms with Crippen molar-refractivity contribution in [1.82, 2.24) is 20.0 Å². The molecule has 0 saturated heterocycles. The lowest BCUT2D eigenvalue weighted by molar-refractivity contribution is -0.141. The Morgan fingerprint density at radius 1 is 1.22 bits per heavy atom. The van der Waals surface area contributed by atoms with Crippen molar-refractivity contribution in [1.29, 1.82) is 0 Å². The molecule has 4 rings (SSSR count). The Bertz CT molecular complexity index is 860. The Labute approximate surface area is 155 Å². The van der Waals surface area contributed by atoms with Crippen LogP contribution in [0.1, 0.15) is 47.1 Å². The monoisotopic (exact) mass is 372 g/mol. The molecule has 0 radical (unpaired) electrons. The van der Waals surface area contributed by atoms with Crippen LogP contribution in [0, 0.1) is 5.82 Å². The van der Waals surface area contributed by atoms with Gasteiger partial charge >= 0.3 is 0 Å². The van der Waals surface area contributed by atoms with E-state index < -0.39 is 17.8 Å². The van der Waals surface area contributed by atoms with Gasteiger partial charge in [-0.2, -0.15) is 5.10 Å². The summed E-state index contributed by atoms with van der Waals surface area (Å²) in [4.78, 5) is 26.5. The Balaban J connectivity index is 1.48. The Morgan fingerprint density at radius 2 is 1.96 bits per heavy atom. The molecule has 0 bridgehead atoms. The van der Waals surface area contributed by atoms with Gasteiger partial charge in [0.25, 0.3) is 11.8 Å². The summed E-state index contributed by atoms with van der Waals surface area (Å²) in [6, 6.07) is 7.19.